The van der Waals surface area contributed by atoms with Crippen molar-refractivity contribution in [1.29, 1.82) is 0 Å². The Labute approximate surface area is 75.0 Å². The predicted octanol–water partition coefficient (Wildman–Crippen LogP) is 2.20. The minimum Gasteiger partial charge on any atom is -0.361 e. The van der Waals surface area contributed by atoms with Gasteiger partial charge in [-0.15, -0.1) is 11.3 Å². The van der Waals surface area contributed by atoms with Crippen molar-refractivity contribution >= 4 is 11.3 Å². The van der Waals surface area contributed by atoms with Crippen LogP contribution in [0.25, 0.3) is 11.3 Å². The van der Waals surface area contributed by atoms with E-state index in [-0.39, 0.29) is 0 Å². The summed E-state index contributed by atoms with van der Waals surface area (Å²) in [6, 6.07) is 6.17. The highest BCUT2D eigenvalue weighted by Gasteiger charge is 2.00. The molecule has 2 aromatic rings. The second-order valence-electron chi connectivity index (χ2n) is 2.59. The van der Waals surface area contributed by atoms with E-state index in [4.69, 9.17) is 5.73 Å². The second kappa shape index (κ2) is 3.13. The average molecular weight is 178 g/mol. The van der Waals surface area contributed by atoms with Gasteiger partial charge < -0.3 is 10.7 Å². The summed E-state index contributed by atoms with van der Waals surface area (Å²) < 4.78 is 0. The van der Waals surface area contributed by atoms with Gasteiger partial charge in [-0.3, -0.25) is 0 Å². The quantitative estimate of drug-likeness (QED) is 0.727. The molecule has 0 unspecified atom stereocenters. The summed E-state index contributed by atoms with van der Waals surface area (Å²) in [4.78, 5) is 4.38. The number of thiophene rings is 1. The molecule has 0 atom stereocenters. The summed E-state index contributed by atoms with van der Waals surface area (Å²) in [5, 5.41) is 2.12. The summed E-state index contributed by atoms with van der Waals surface area (Å²) in [6.07, 6.45) is 1.93. The van der Waals surface area contributed by atoms with Crippen LogP contribution in [0.5, 0.6) is 0 Å². The molecule has 0 amide bonds. The first-order valence-corrected chi connectivity index (χ1v) is 4.69. The van der Waals surface area contributed by atoms with Crippen molar-refractivity contribution in [3.8, 4) is 11.3 Å². The van der Waals surface area contributed by atoms with E-state index in [9.17, 15) is 0 Å². The van der Waals surface area contributed by atoms with Crippen molar-refractivity contribution in [1.82, 2.24) is 4.98 Å². The Hall–Kier alpha value is -1.06. The van der Waals surface area contributed by atoms with E-state index in [2.05, 4.69) is 22.5 Å². The van der Waals surface area contributed by atoms with Gasteiger partial charge in [0.2, 0.25) is 0 Å². The molecule has 2 aromatic heterocycles. The van der Waals surface area contributed by atoms with Gasteiger partial charge in [-0.1, -0.05) is 0 Å². The van der Waals surface area contributed by atoms with Gasteiger partial charge in [-0.25, -0.2) is 0 Å². The molecule has 0 radical (unpaired) electrons. The third kappa shape index (κ3) is 1.29. The molecule has 2 nitrogen and oxygen atoms in total. The summed E-state index contributed by atoms with van der Waals surface area (Å²) >= 11 is 1.70. The van der Waals surface area contributed by atoms with E-state index in [1.54, 1.807) is 11.3 Å². The van der Waals surface area contributed by atoms with Crippen LogP contribution in [-0.4, -0.2) is 4.98 Å². The number of hydrogen-bond donors (Lipinski definition) is 2. The predicted molar refractivity (Wildman–Crippen MR) is 52.0 cm³/mol. The Morgan fingerprint density at radius 3 is 3.00 bits per heavy atom. The monoisotopic (exact) mass is 178 g/mol. The zero-order valence-electron chi connectivity index (χ0n) is 6.58. The maximum atomic E-state index is 5.52. The Morgan fingerprint density at radius 2 is 2.42 bits per heavy atom. The summed E-state index contributed by atoms with van der Waals surface area (Å²) in [7, 11) is 0. The van der Waals surface area contributed by atoms with Crippen molar-refractivity contribution in [2.24, 2.45) is 5.73 Å². The molecule has 3 N–H and O–H groups in total. The van der Waals surface area contributed by atoms with Crippen molar-refractivity contribution in [2.45, 2.75) is 6.54 Å². The number of H-pyrrole nitrogens is 1. The van der Waals surface area contributed by atoms with Crippen molar-refractivity contribution < 1.29 is 0 Å². The van der Waals surface area contributed by atoms with Crippen molar-refractivity contribution in [3.63, 3.8) is 0 Å². The van der Waals surface area contributed by atoms with Gasteiger partial charge in [0.05, 0.1) is 0 Å². The minimum absolute atomic E-state index is 0.630. The normalized spacial score (nSPS) is 10.4. The molecule has 0 aromatic carbocycles. The third-order valence-electron chi connectivity index (χ3n) is 1.76. The molecule has 2 rings (SSSR count). The molecule has 0 spiro atoms. The Morgan fingerprint density at radius 1 is 1.50 bits per heavy atom. The van der Waals surface area contributed by atoms with Crippen LogP contribution in [-0.2, 0) is 6.54 Å². The summed E-state index contributed by atoms with van der Waals surface area (Å²) in [5.41, 5.74) is 7.90. The van der Waals surface area contributed by atoms with Crippen LogP contribution in [0.1, 0.15) is 4.88 Å². The van der Waals surface area contributed by atoms with Gasteiger partial charge in [0.25, 0.3) is 0 Å². The molecule has 0 aliphatic carbocycles. The highest BCUT2D eigenvalue weighted by molar-refractivity contribution is 7.10. The molecule has 0 saturated heterocycles. The molecule has 12 heavy (non-hydrogen) atoms. The van der Waals surface area contributed by atoms with Crippen LogP contribution in [0.2, 0.25) is 0 Å². The first-order valence-electron chi connectivity index (χ1n) is 3.81. The lowest BCUT2D eigenvalue weighted by atomic mass is 10.2. The zero-order chi connectivity index (χ0) is 8.39. The lowest BCUT2D eigenvalue weighted by Gasteiger charge is -1.89. The molecule has 2 heterocycles. The minimum atomic E-state index is 0.630. The first-order chi connectivity index (χ1) is 5.90. The fraction of sp³-hybridized carbons (Fsp3) is 0.111. The Kier molecular flexibility index (Phi) is 1.98. The zero-order valence-corrected chi connectivity index (χ0v) is 7.40. The molecule has 0 fully saturated rings. The van der Waals surface area contributed by atoms with Crippen molar-refractivity contribution in [3.05, 3.63) is 34.7 Å². The van der Waals surface area contributed by atoms with Gasteiger partial charge in [-0.05, 0) is 18.2 Å². The molecule has 0 aliphatic heterocycles. The van der Waals surface area contributed by atoms with Gasteiger partial charge in [0.15, 0.2) is 0 Å². The standard InChI is InChI=1S/C9H10N2S/c10-5-8-4-7(6-12-8)9-2-1-3-11-9/h1-4,6,11H,5,10H2. The van der Waals surface area contributed by atoms with Crippen LogP contribution >= 0.6 is 11.3 Å². The third-order valence-corrected chi connectivity index (χ3v) is 2.72. The molecule has 3 heteroatoms. The van der Waals surface area contributed by atoms with E-state index < -0.39 is 0 Å². The Bertz CT molecular complexity index is 348. The number of rotatable bonds is 2. The fourth-order valence-electron chi connectivity index (χ4n) is 1.14. The van der Waals surface area contributed by atoms with E-state index in [0.29, 0.717) is 6.54 Å². The van der Waals surface area contributed by atoms with Gasteiger partial charge in [-0.2, -0.15) is 0 Å². The van der Waals surface area contributed by atoms with Gasteiger partial charge in [0.1, 0.15) is 0 Å². The maximum absolute atomic E-state index is 5.52. The topological polar surface area (TPSA) is 41.8 Å². The number of aromatic amines is 1. The van der Waals surface area contributed by atoms with Gasteiger partial charge >= 0.3 is 0 Å². The molecular formula is C9H10N2S. The molecule has 62 valence electrons. The SMILES string of the molecule is NCc1cc(-c2ccc[nH]2)cs1. The van der Waals surface area contributed by atoms with Gasteiger partial charge in [0, 0.05) is 34.3 Å². The second-order valence-corrected chi connectivity index (χ2v) is 3.59. The largest absolute Gasteiger partial charge is 0.361 e. The van der Waals surface area contributed by atoms with E-state index in [0.717, 1.165) is 5.69 Å². The van der Waals surface area contributed by atoms with Crippen LogP contribution in [0.4, 0.5) is 0 Å². The van der Waals surface area contributed by atoms with Crippen LogP contribution in [0.15, 0.2) is 29.8 Å². The smallest absolute Gasteiger partial charge is 0.0462 e. The number of nitrogens with two attached hydrogens (primary N) is 1. The number of aromatic nitrogens is 1. The van der Waals surface area contributed by atoms with E-state index in [1.807, 2.05) is 12.3 Å². The fourth-order valence-corrected chi connectivity index (χ4v) is 1.90. The average Bonchev–Trinajstić information content (AvgIpc) is 2.75. The molecule has 0 bridgehead atoms. The van der Waals surface area contributed by atoms with Crippen LogP contribution in [0.3, 0.4) is 0 Å². The number of nitrogens with one attached hydrogen (secondary N) is 1. The van der Waals surface area contributed by atoms with Crippen LogP contribution in [0, 0.1) is 0 Å². The number of hydrogen-bond acceptors (Lipinski definition) is 2. The summed E-state index contributed by atoms with van der Waals surface area (Å²) in [5.74, 6) is 0. The van der Waals surface area contributed by atoms with Crippen molar-refractivity contribution in [2.75, 3.05) is 0 Å². The Balaban J connectivity index is 2.35. The van der Waals surface area contributed by atoms with E-state index in [1.165, 1.54) is 10.4 Å². The molecule has 0 saturated carbocycles. The first kappa shape index (κ1) is 7.58. The van der Waals surface area contributed by atoms with E-state index >= 15 is 0 Å². The maximum Gasteiger partial charge on any atom is 0.0462 e. The molecular weight excluding hydrogens is 168 g/mol. The lowest BCUT2D eigenvalue weighted by Crippen LogP contribution is -1.91. The van der Waals surface area contributed by atoms with Crippen LogP contribution < -0.4 is 5.73 Å². The highest BCUT2D eigenvalue weighted by Crippen LogP contribution is 2.23. The summed E-state index contributed by atoms with van der Waals surface area (Å²) in [6.45, 7) is 0.630. The molecule has 0 aliphatic rings. The lowest BCUT2D eigenvalue weighted by molar-refractivity contribution is 1.11. The highest BCUT2D eigenvalue weighted by atomic mass is 32.1.